The first-order valence-corrected chi connectivity index (χ1v) is 10.2. The molecule has 0 unspecified atom stereocenters. The van der Waals surface area contributed by atoms with Crippen LogP contribution < -0.4 is 5.32 Å². The number of hydrogen-bond acceptors (Lipinski definition) is 5. The maximum atomic E-state index is 12.0. The minimum atomic E-state index is -0.400. The van der Waals surface area contributed by atoms with Crippen LogP contribution in [0.4, 0.5) is 5.69 Å². The summed E-state index contributed by atoms with van der Waals surface area (Å²) in [6.07, 6.45) is 0.820. The fourth-order valence-electron chi connectivity index (χ4n) is 2.23. The zero-order chi connectivity index (χ0) is 18.2. The summed E-state index contributed by atoms with van der Waals surface area (Å²) >= 11 is 8.79. The van der Waals surface area contributed by atoms with Crippen LogP contribution in [-0.2, 0) is 26.5 Å². The van der Waals surface area contributed by atoms with E-state index >= 15 is 0 Å². The van der Waals surface area contributed by atoms with Gasteiger partial charge in [0.05, 0.1) is 10.1 Å². The summed E-state index contributed by atoms with van der Waals surface area (Å²) in [6.45, 7) is 3.69. The van der Waals surface area contributed by atoms with Crippen molar-refractivity contribution in [2.45, 2.75) is 26.0 Å². The number of amides is 1. The number of carbonyl (C=O) groups excluding carboxylic acids is 2. The Labute approximate surface area is 160 Å². The van der Waals surface area contributed by atoms with Gasteiger partial charge in [-0.1, -0.05) is 36.7 Å². The molecule has 25 heavy (non-hydrogen) atoms. The standard InChI is InChI=1S/C18H20ClNO3S2/c1-3-13-6-4-5-12(2)18(13)20-16(21)9-23-17(22)11-24-10-14-7-8-15(19)25-14/h4-8H,3,9-11H2,1-2H3,(H,20,21). The van der Waals surface area contributed by atoms with Crippen LogP contribution in [0.2, 0.25) is 4.34 Å². The van der Waals surface area contributed by atoms with Crippen molar-refractivity contribution in [3.05, 3.63) is 50.7 Å². The summed E-state index contributed by atoms with van der Waals surface area (Å²) in [4.78, 5) is 24.9. The number of rotatable bonds is 8. The highest BCUT2D eigenvalue weighted by Crippen LogP contribution is 2.25. The van der Waals surface area contributed by atoms with Gasteiger partial charge in [0.25, 0.3) is 5.91 Å². The van der Waals surface area contributed by atoms with Crippen molar-refractivity contribution in [1.82, 2.24) is 0 Å². The molecule has 4 nitrogen and oxygen atoms in total. The Hall–Kier alpha value is -1.50. The minimum Gasteiger partial charge on any atom is -0.455 e. The summed E-state index contributed by atoms with van der Waals surface area (Å²) < 4.78 is 5.77. The lowest BCUT2D eigenvalue weighted by Gasteiger charge is -2.13. The van der Waals surface area contributed by atoms with Gasteiger partial charge < -0.3 is 10.1 Å². The van der Waals surface area contributed by atoms with Crippen LogP contribution in [0, 0.1) is 6.92 Å². The van der Waals surface area contributed by atoms with Gasteiger partial charge in [-0.25, -0.2) is 0 Å². The number of esters is 1. The summed E-state index contributed by atoms with van der Waals surface area (Å²) in [7, 11) is 0. The normalized spacial score (nSPS) is 10.5. The predicted molar refractivity (Wildman–Crippen MR) is 106 cm³/mol. The molecule has 1 aromatic carbocycles. The summed E-state index contributed by atoms with van der Waals surface area (Å²) in [5.41, 5.74) is 2.85. The zero-order valence-corrected chi connectivity index (χ0v) is 16.5. The number of carbonyl (C=O) groups is 2. The van der Waals surface area contributed by atoms with Crippen molar-refractivity contribution in [2.75, 3.05) is 17.7 Å². The second-order valence-electron chi connectivity index (χ2n) is 5.37. The number of thiophene rings is 1. The van der Waals surface area contributed by atoms with Crippen LogP contribution in [0.5, 0.6) is 0 Å². The monoisotopic (exact) mass is 397 g/mol. The maximum absolute atomic E-state index is 12.0. The molecule has 0 radical (unpaired) electrons. The number of hydrogen-bond donors (Lipinski definition) is 1. The molecule has 1 N–H and O–H groups in total. The van der Waals surface area contributed by atoms with E-state index in [1.54, 1.807) is 0 Å². The lowest BCUT2D eigenvalue weighted by Crippen LogP contribution is -2.22. The van der Waals surface area contributed by atoms with Crippen LogP contribution in [0.15, 0.2) is 30.3 Å². The third-order valence-electron chi connectivity index (χ3n) is 3.46. The molecule has 0 spiro atoms. The second kappa shape index (κ2) is 9.85. The molecule has 1 aromatic heterocycles. The number of ether oxygens (including phenoxy) is 1. The van der Waals surface area contributed by atoms with Crippen molar-refractivity contribution in [1.29, 1.82) is 0 Å². The van der Waals surface area contributed by atoms with Gasteiger partial charge in [-0.3, -0.25) is 9.59 Å². The van der Waals surface area contributed by atoms with E-state index in [0.717, 1.165) is 32.4 Å². The molecule has 0 aliphatic rings. The Kier molecular flexibility index (Phi) is 7.81. The van der Waals surface area contributed by atoms with E-state index in [4.69, 9.17) is 16.3 Å². The summed E-state index contributed by atoms with van der Waals surface area (Å²) in [5.74, 6) is 0.172. The Bertz CT molecular complexity index is 746. The van der Waals surface area contributed by atoms with Crippen molar-refractivity contribution in [2.24, 2.45) is 0 Å². The first kappa shape index (κ1) is 19.8. The third-order valence-corrected chi connectivity index (χ3v) is 5.83. The van der Waals surface area contributed by atoms with Gasteiger partial charge in [0, 0.05) is 16.3 Å². The van der Waals surface area contributed by atoms with Gasteiger partial charge in [0.1, 0.15) is 0 Å². The van der Waals surface area contributed by atoms with Gasteiger partial charge in [0.15, 0.2) is 6.61 Å². The first-order valence-electron chi connectivity index (χ1n) is 7.85. The number of aryl methyl sites for hydroxylation is 2. The molecule has 1 amide bonds. The van der Waals surface area contributed by atoms with Crippen molar-refractivity contribution in [3.63, 3.8) is 0 Å². The fourth-order valence-corrected chi connectivity index (χ4v) is 4.25. The zero-order valence-electron chi connectivity index (χ0n) is 14.1. The number of benzene rings is 1. The molecule has 0 bridgehead atoms. The van der Waals surface area contributed by atoms with Crippen LogP contribution in [0.3, 0.4) is 0 Å². The van der Waals surface area contributed by atoms with Crippen molar-refractivity contribution in [3.8, 4) is 0 Å². The molecule has 0 aliphatic heterocycles. The fraction of sp³-hybridized carbons (Fsp3) is 0.333. The molecule has 0 saturated carbocycles. The molecule has 2 rings (SSSR count). The second-order valence-corrected chi connectivity index (χ2v) is 8.16. The van der Waals surface area contributed by atoms with Crippen LogP contribution >= 0.6 is 34.7 Å². The maximum Gasteiger partial charge on any atom is 0.316 e. The SMILES string of the molecule is CCc1cccc(C)c1NC(=O)COC(=O)CSCc1ccc(Cl)s1. The minimum absolute atomic E-state index is 0.202. The number of halogens is 1. The number of para-hydroxylation sites is 1. The molecule has 0 aliphatic carbocycles. The highest BCUT2D eigenvalue weighted by atomic mass is 35.5. The Morgan fingerprint density at radius 2 is 2.08 bits per heavy atom. The average Bonchev–Trinajstić information content (AvgIpc) is 3.00. The quantitative estimate of drug-likeness (QED) is 0.656. The average molecular weight is 398 g/mol. The highest BCUT2D eigenvalue weighted by molar-refractivity contribution is 7.99. The van der Waals surface area contributed by atoms with Crippen LogP contribution in [-0.4, -0.2) is 24.2 Å². The topological polar surface area (TPSA) is 55.4 Å². The molecular formula is C18H20ClNO3S2. The molecule has 2 aromatic rings. The molecule has 0 fully saturated rings. The van der Waals surface area contributed by atoms with Gasteiger partial charge in [-0.2, -0.15) is 0 Å². The van der Waals surface area contributed by atoms with E-state index in [-0.39, 0.29) is 18.3 Å². The van der Waals surface area contributed by atoms with E-state index in [1.807, 2.05) is 44.2 Å². The molecule has 1 heterocycles. The van der Waals surface area contributed by atoms with E-state index in [9.17, 15) is 9.59 Å². The number of nitrogens with one attached hydrogen (secondary N) is 1. The predicted octanol–water partition coefficient (Wildman–Crippen LogP) is 4.69. The van der Waals surface area contributed by atoms with Gasteiger partial charge in [-0.15, -0.1) is 23.1 Å². The van der Waals surface area contributed by atoms with Gasteiger partial charge >= 0.3 is 5.97 Å². The Morgan fingerprint density at radius 3 is 2.76 bits per heavy atom. The van der Waals surface area contributed by atoms with E-state index in [0.29, 0.717) is 5.75 Å². The first-order chi connectivity index (χ1) is 12.0. The smallest absolute Gasteiger partial charge is 0.316 e. The van der Waals surface area contributed by atoms with Crippen LogP contribution in [0.25, 0.3) is 0 Å². The lowest BCUT2D eigenvalue weighted by molar-refractivity contribution is -0.144. The van der Waals surface area contributed by atoms with E-state index in [2.05, 4.69) is 5.32 Å². The summed E-state index contributed by atoms with van der Waals surface area (Å²) in [5, 5.41) is 2.83. The van der Waals surface area contributed by atoms with E-state index < -0.39 is 5.97 Å². The molecule has 134 valence electrons. The van der Waals surface area contributed by atoms with E-state index in [1.165, 1.54) is 23.1 Å². The van der Waals surface area contributed by atoms with Crippen LogP contribution in [0.1, 0.15) is 22.9 Å². The lowest BCUT2D eigenvalue weighted by atomic mass is 10.1. The molecule has 0 atom stereocenters. The Balaban J connectivity index is 1.73. The Morgan fingerprint density at radius 1 is 1.28 bits per heavy atom. The number of thioether (sulfide) groups is 1. The molecular weight excluding hydrogens is 378 g/mol. The molecule has 7 heteroatoms. The summed E-state index contributed by atoms with van der Waals surface area (Å²) in [6, 6.07) is 9.64. The number of anilines is 1. The van der Waals surface area contributed by atoms with Crippen molar-refractivity contribution < 1.29 is 14.3 Å². The largest absolute Gasteiger partial charge is 0.455 e. The third kappa shape index (κ3) is 6.38. The highest BCUT2D eigenvalue weighted by Gasteiger charge is 2.11. The van der Waals surface area contributed by atoms with Gasteiger partial charge in [0.2, 0.25) is 0 Å². The van der Waals surface area contributed by atoms with Gasteiger partial charge in [-0.05, 0) is 36.6 Å². The molecule has 0 saturated heterocycles. The van der Waals surface area contributed by atoms with Crippen molar-refractivity contribution >= 4 is 52.3 Å².